The molecule has 4 aromatic rings. The van der Waals surface area contributed by atoms with E-state index in [1.807, 2.05) is 55.6 Å². The molecule has 7 rings (SSSR count). The molecule has 7 nitrogen and oxygen atoms in total. The minimum Gasteiger partial charge on any atom is -0.361 e. The summed E-state index contributed by atoms with van der Waals surface area (Å²) in [5.41, 5.74) is 3.12. The molecule has 2 fully saturated rings. The summed E-state index contributed by atoms with van der Waals surface area (Å²) in [7, 11) is 0. The minimum atomic E-state index is -1.38. The number of halogens is 1. The largest absolute Gasteiger partial charge is 0.361 e. The third-order valence-corrected chi connectivity index (χ3v) is 8.16. The van der Waals surface area contributed by atoms with Gasteiger partial charge in [-0.3, -0.25) is 19.7 Å². The lowest BCUT2D eigenvalue weighted by Gasteiger charge is -2.29. The third kappa shape index (κ3) is 2.87. The zero-order chi connectivity index (χ0) is 25.5. The van der Waals surface area contributed by atoms with Gasteiger partial charge in [-0.1, -0.05) is 36.4 Å². The number of aromatic nitrogens is 1. The number of para-hydroxylation sites is 2. The van der Waals surface area contributed by atoms with Crippen molar-refractivity contribution in [1.82, 2.24) is 10.3 Å². The van der Waals surface area contributed by atoms with E-state index in [9.17, 15) is 18.8 Å². The van der Waals surface area contributed by atoms with Gasteiger partial charge in [0.1, 0.15) is 11.4 Å². The Morgan fingerprint density at radius 1 is 0.946 bits per heavy atom. The van der Waals surface area contributed by atoms with E-state index >= 15 is 0 Å². The Kier molecular flexibility index (Phi) is 4.51. The average molecular weight is 495 g/mol. The summed E-state index contributed by atoms with van der Waals surface area (Å²) in [6.07, 6.45) is 2.36. The van der Waals surface area contributed by atoms with E-state index in [1.165, 1.54) is 24.3 Å². The van der Waals surface area contributed by atoms with Crippen LogP contribution in [0.25, 0.3) is 10.9 Å². The lowest BCUT2D eigenvalue weighted by Crippen LogP contribution is -2.53. The number of benzene rings is 3. The van der Waals surface area contributed by atoms with Crippen LogP contribution < -0.4 is 15.5 Å². The molecule has 4 heterocycles. The standard InChI is InChI=1S/C29H23FN4O3/c1-15-5-4-7-20-25(15)32-28(37)29(20)24-23(26(35)34(27(24)36)18-11-9-17(30)10-12-18)22(33-29)13-16-14-31-21-8-3-2-6-19(16)21/h2-12,14,22-24,31,33H,13H2,1H3,(H,32,37)/t22-,23-,24+,29-/m1/s1. The zero-order valence-corrected chi connectivity index (χ0v) is 19.9. The monoisotopic (exact) mass is 494 g/mol. The molecule has 0 unspecified atom stereocenters. The number of amides is 3. The molecule has 8 heteroatoms. The highest BCUT2D eigenvalue weighted by molar-refractivity contribution is 6.26. The van der Waals surface area contributed by atoms with E-state index in [2.05, 4.69) is 15.6 Å². The first-order chi connectivity index (χ1) is 17.9. The van der Waals surface area contributed by atoms with Crippen molar-refractivity contribution in [3.8, 4) is 0 Å². The van der Waals surface area contributed by atoms with Crippen LogP contribution in [0.5, 0.6) is 0 Å². The van der Waals surface area contributed by atoms with Crippen LogP contribution in [0.4, 0.5) is 15.8 Å². The predicted molar refractivity (Wildman–Crippen MR) is 136 cm³/mol. The number of aryl methyl sites for hydroxylation is 1. The molecule has 0 radical (unpaired) electrons. The van der Waals surface area contributed by atoms with Crippen molar-refractivity contribution < 1.29 is 18.8 Å². The highest BCUT2D eigenvalue weighted by atomic mass is 19.1. The van der Waals surface area contributed by atoms with Gasteiger partial charge >= 0.3 is 0 Å². The van der Waals surface area contributed by atoms with Crippen LogP contribution in [-0.2, 0) is 26.3 Å². The van der Waals surface area contributed by atoms with Crippen molar-refractivity contribution in [3.05, 3.63) is 95.4 Å². The number of rotatable bonds is 3. The topological polar surface area (TPSA) is 94.3 Å². The second-order valence-electron chi connectivity index (χ2n) is 10.1. The van der Waals surface area contributed by atoms with Crippen molar-refractivity contribution in [2.45, 2.75) is 24.9 Å². The minimum absolute atomic E-state index is 0.301. The molecule has 1 aromatic heterocycles. The molecule has 3 aromatic carbocycles. The van der Waals surface area contributed by atoms with Crippen LogP contribution in [-0.4, -0.2) is 28.7 Å². The lowest BCUT2D eigenvalue weighted by molar-refractivity contribution is -0.130. The zero-order valence-electron chi connectivity index (χ0n) is 19.9. The van der Waals surface area contributed by atoms with Crippen LogP contribution >= 0.6 is 0 Å². The molecule has 1 spiro atoms. The van der Waals surface area contributed by atoms with Gasteiger partial charge in [0.05, 0.1) is 17.5 Å². The number of carbonyl (C=O) groups excluding carboxylic acids is 3. The molecule has 2 saturated heterocycles. The highest BCUT2D eigenvalue weighted by Crippen LogP contribution is 2.54. The number of fused-ring (bicyclic) bond motifs is 5. The molecular formula is C29H23FN4O3. The number of H-pyrrole nitrogens is 1. The van der Waals surface area contributed by atoms with Crippen LogP contribution in [0.2, 0.25) is 0 Å². The van der Waals surface area contributed by atoms with E-state index in [0.717, 1.165) is 26.9 Å². The van der Waals surface area contributed by atoms with E-state index in [-0.39, 0.29) is 11.8 Å². The number of nitrogens with one attached hydrogen (secondary N) is 3. The summed E-state index contributed by atoms with van der Waals surface area (Å²) in [4.78, 5) is 46.1. The van der Waals surface area contributed by atoms with Crippen molar-refractivity contribution in [2.24, 2.45) is 11.8 Å². The van der Waals surface area contributed by atoms with Gasteiger partial charge in [0.2, 0.25) is 17.7 Å². The van der Waals surface area contributed by atoms with E-state index < -0.39 is 35.1 Å². The number of carbonyl (C=O) groups is 3. The van der Waals surface area contributed by atoms with Crippen LogP contribution in [0.3, 0.4) is 0 Å². The van der Waals surface area contributed by atoms with Crippen molar-refractivity contribution in [1.29, 1.82) is 0 Å². The first-order valence-corrected chi connectivity index (χ1v) is 12.3. The average Bonchev–Trinajstić information content (AvgIpc) is 3.60. The second-order valence-corrected chi connectivity index (χ2v) is 10.1. The van der Waals surface area contributed by atoms with Gasteiger partial charge in [0.15, 0.2) is 0 Å². The molecule has 3 aliphatic heterocycles. The summed E-state index contributed by atoms with van der Waals surface area (Å²) in [6.45, 7) is 1.90. The van der Waals surface area contributed by atoms with Crippen LogP contribution in [0, 0.1) is 24.6 Å². The Labute approximate surface area is 211 Å². The summed E-state index contributed by atoms with van der Waals surface area (Å²) in [5.74, 6) is -3.36. The van der Waals surface area contributed by atoms with E-state index in [0.29, 0.717) is 23.4 Å². The first kappa shape index (κ1) is 21.9. The Balaban J connectivity index is 1.39. The molecule has 3 aliphatic rings. The molecule has 3 N–H and O–H groups in total. The summed E-state index contributed by atoms with van der Waals surface area (Å²) in [6, 6.07) is 18.3. The van der Waals surface area contributed by atoms with Gasteiger partial charge in [-0.25, -0.2) is 9.29 Å². The molecule has 184 valence electrons. The molecule has 4 atom stereocenters. The second kappa shape index (κ2) is 7.60. The number of nitrogens with zero attached hydrogens (tertiary/aromatic N) is 1. The molecule has 3 amide bonds. The van der Waals surface area contributed by atoms with Crippen molar-refractivity contribution in [3.63, 3.8) is 0 Å². The van der Waals surface area contributed by atoms with E-state index in [4.69, 9.17) is 0 Å². The van der Waals surface area contributed by atoms with Gasteiger partial charge in [0.25, 0.3) is 0 Å². The van der Waals surface area contributed by atoms with Gasteiger partial charge in [-0.05, 0) is 54.8 Å². The summed E-state index contributed by atoms with van der Waals surface area (Å²) in [5, 5.41) is 7.50. The molecule has 0 saturated carbocycles. The number of hydrogen-bond donors (Lipinski definition) is 3. The fourth-order valence-electron chi connectivity index (χ4n) is 6.53. The van der Waals surface area contributed by atoms with Crippen LogP contribution in [0.1, 0.15) is 16.7 Å². The number of imide groups is 1. The summed E-state index contributed by atoms with van der Waals surface area (Å²) >= 11 is 0. The molecule has 0 bridgehead atoms. The van der Waals surface area contributed by atoms with E-state index in [1.54, 1.807) is 0 Å². The van der Waals surface area contributed by atoms with Crippen molar-refractivity contribution >= 4 is 40.0 Å². The fraction of sp³-hybridized carbons (Fsp3) is 0.207. The number of anilines is 2. The van der Waals surface area contributed by atoms with Gasteiger partial charge in [-0.2, -0.15) is 0 Å². The predicted octanol–water partition coefficient (Wildman–Crippen LogP) is 3.78. The normalized spacial score (nSPS) is 26.3. The molecule has 37 heavy (non-hydrogen) atoms. The number of aromatic amines is 1. The maximum atomic E-state index is 14.0. The summed E-state index contributed by atoms with van der Waals surface area (Å²) < 4.78 is 13.6. The number of hydrogen-bond acceptors (Lipinski definition) is 4. The molecule has 0 aliphatic carbocycles. The van der Waals surface area contributed by atoms with Gasteiger partial charge in [0, 0.05) is 34.4 Å². The highest BCUT2D eigenvalue weighted by Gasteiger charge is 2.70. The maximum Gasteiger partial charge on any atom is 0.250 e. The Hall–Kier alpha value is -4.30. The van der Waals surface area contributed by atoms with Gasteiger partial charge < -0.3 is 10.3 Å². The van der Waals surface area contributed by atoms with Crippen LogP contribution in [0.15, 0.2) is 72.9 Å². The third-order valence-electron chi connectivity index (χ3n) is 8.16. The quantitative estimate of drug-likeness (QED) is 0.378. The smallest absolute Gasteiger partial charge is 0.250 e. The SMILES string of the molecule is Cc1cccc2c1NC(=O)[C@@]21N[C@H](Cc2c[nH]c3ccccc23)[C@H]2C(=O)N(c3ccc(F)cc3)C(=O)[C@H]21. The Morgan fingerprint density at radius 2 is 1.73 bits per heavy atom. The Bertz CT molecular complexity index is 1630. The lowest BCUT2D eigenvalue weighted by atomic mass is 9.76. The first-order valence-electron chi connectivity index (χ1n) is 12.3. The van der Waals surface area contributed by atoms with Gasteiger partial charge in [-0.15, -0.1) is 0 Å². The fourth-order valence-corrected chi connectivity index (χ4v) is 6.53. The van der Waals surface area contributed by atoms with Crippen molar-refractivity contribution in [2.75, 3.05) is 10.2 Å². The molecular weight excluding hydrogens is 471 g/mol. The maximum absolute atomic E-state index is 14.0. The Morgan fingerprint density at radius 3 is 2.54 bits per heavy atom.